The van der Waals surface area contributed by atoms with Crippen molar-refractivity contribution < 1.29 is 4.79 Å². The second-order valence-corrected chi connectivity index (χ2v) is 11.3. The summed E-state index contributed by atoms with van der Waals surface area (Å²) in [6, 6.07) is 15.8. The number of nitrogens with one attached hydrogen (secondary N) is 3. The van der Waals surface area contributed by atoms with Crippen LogP contribution < -0.4 is 20.9 Å². The number of aryl methyl sites for hydroxylation is 2. The van der Waals surface area contributed by atoms with Crippen molar-refractivity contribution in [3.05, 3.63) is 96.6 Å². The maximum absolute atomic E-state index is 13.7. The average Bonchev–Trinajstić information content (AvgIpc) is 3.72. The normalized spacial score (nSPS) is 15.9. The molecule has 1 aliphatic carbocycles. The van der Waals surface area contributed by atoms with Gasteiger partial charge in [0, 0.05) is 68.6 Å². The molecule has 2 amide bonds. The molecule has 6 rings (SSSR count). The molecule has 3 N–H and O–H groups in total. The Morgan fingerprint density at radius 2 is 1.80 bits per heavy atom. The molecule has 0 saturated heterocycles. The van der Waals surface area contributed by atoms with Crippen LogP contribution in [0.5, 0.6) is 0 Å². The van der Waals surface area contributed by atoms with Crippen LogP contribution in [0.25, 0.3) is 11.1 Å². The van der Waals surface area contributed by atoms with E-state index in [2.05, 4.69) is 42.1 Å². The van der Waals surface area contributed by atoms with Crippen molar-refractivity contribution in [3.8, 4) is 17.2 Å². The molecule has 0 spiro atoms. The molecule has 13 nitrogen and oxygen atoms in total. The number of nitrogens with zero attached hydrogens (tertiary/aromatic N) is 9. The van der Waals surface area contributed by atoms with Gasteiger partial charge in [-0.25, -0.2) is 19.7 Å². The van der Waals surface area contributed by atoms with Gasteiger partial charge in [0.2, 0.25) is 5.95 Å². The number of pyridine rings is 1. The molecule has 13 heteroatoms. The summed E-state index contributed by atoms with van der Waals surface area (Å²) in [6.07, 6.45) is 13.8. The van der Waals surface area contributed by atoms with Gasteiger partial charge >= 0.3 is 6.03 Å². The van der Waals surface area contributed by atoms with Gasteiger partial charge in [-0.2, -0.15) is 15.3 Å². The number of nitriles is 1. The van der Waals surface area contributed by atoms with Crippen LogP contribution in [0.2, 0.25) is 0 Å². The highest BCUT2D eigenvalue weighted by Crippen LogP contribution is 2.30. The van der Waals surface area contributed by atoms with Gasteiger partial charge in [-0.15, -0.1) is 0 Å². The van der Waals surface area contributed by atoms with Crippen LogP contribution in [-0.2, 0) is 27.2 Å². The van der Waals surface area contributed by atoms with Crippen molar-refractivity contribution in [1.29, 1.82) is 5.26 Å². The Bertz CT molecular complexity index is 1800. The first-order valence-electron chi connectivity index (χ1n) is 15.3. The largest absolute Gasteiger partial charge is 0.362 e. The highest BCUT2D eigenvalue weighted by atomic mass is 16.2. The fourth-order valence-electron chi connectivity index (χ4n) is 5.64. The first kappa shape index (κ1) is 30.3. The molecule has 1 aromatic carbocycles. The number of amides is 2. The Morgan fingerprint density at radius 1 is 0.978 bits per heavy atom. The predicted molar refractivity (Wildman–Crippen MR) is 175 cm³/mol. The van der Waals surface area contributed by atoms with E-state index in [1.165, 1.54) is 6.20 Å². The lowest BCUT2D eigenvalue weighted by atomic mass is 9.90. The van der Waals surface area contributed by atoms with Gasteiger partial charge in [0.25, 0.3) is 0 Å². The van der Waals surface area contributed by atoms with Gasteiger partial charge in [0.05, 0.1) is 18.9 Å². The minimum atomic E-state index is -0.180. The summed E-state index contributed by atoms with van der Waals surface area (Å²) in [4.78, 5) is 33.5. The Balaban J connectivity index is 1.13. The zero-order valence-corrected chi connectivity index (χ0v) is 25.8. The number of urea groups is 1. The topological polar surface area (TPSA) is 154 Å². The number of benzene rings is 1. The first-order valence-corrected chi connectivity index (χ1v) is 15.3. The summed E-state index contributed by atoms with van der Waals surface area (Å²) in [6.45, 7) is 0.854. The maximum atomic E-state index is 13.7. The number of anilines is 3. The smallest absolute Gasteiger partial charge is 0.323 e. The van der Waals surface area contributed by atoms with Crippen molar-refractivity contribution in [2.24, 2.45) is 14.1 Å². The van der Waals surface area contributed by atoms with E-state index in [0.29, 0.717) is 36.2 Å². The molecule has 234 valence electrons. The Labute approximate surface area is 267 Å². The molecule has 46 heavy (non-hydrogen) atoms. The summed E-state index contributed by atoms with van der Waals surface area (Å²) in [5, 5.41) is 23.6. The monoisotopic (exact) mass is 616 g/mol. The van der Waals surface area contributed by atoms with Crippen LogP contribution in [0.4, 0.5) is 22.4 Å². The van der Waals surface area contributed by atoms with Crippen LogP contribution in [0.3, 0.4) is 0 Å². The van der Waals surface area contributed by atoms with E-state index in [4.69, 9.17) is 4.98 Å². The summed E-state index contributed by atoms with van der Waals surface area (Å²) in [5.74, 6) is 2.34. The zero-order chi connectivity index (χ0) is 31.9. The van der Waals surface area contributed by atoms with Crippen LogP contribution in [-0.4, -0.2) is 52.4 Å². The van der Waals surface area contributed by atoms with Gasteiger partial charge in [0.15, 0.2) is 0 Å². The van der Waals surface area contributed by atoms with Crippen molar-refractivity contribution in [3.63, 3.8) is 0 Å². The third-order valence-electron chi connectivity index (χ3n) is 8.18. The molecule has 0 bridgehead atoms. The molecule has 1 fully saturated rings. The Kier molecular flexibility index (Phi) is 9.14. The number of aromatic nitrogens is 7. The van der Waals surface area contributed by atoms with E-state index in [9.17, 15) is 10.1 Å². The van der Waals surface area contributed by atoms with Gasteiger partial charge in [-0.3, -0.25) is 9.58 Å². The van der Waals surface area contributed by atoms with E-state index in [-0.39, 0.29) is 18.1 Å². The minimum Gasteiger partial charge on any atom is -0.362 e. The number of hydrogen-bond donors (Lipinski definition) is 3. The van der Waals surface area contributed by atoms with E-state index in [1.54, 1.807) is 28.2 Å². The van der Waals surface area contributed by atoms with E-state index < -0.39 is 0 Å². The summed E-state index contributed by atoms with van der Waals surface area (Å²) >= 11 is 0. The van der Waals surface area contributed by atoms with Crippen LogP contribution >= 0.6 is 0 Å². The second kappa shape index (κ2) is 13.9. The number of carbonyl (C=O) groups excluding carboxylic acids is 1. The van der Waals surface area contributed by atoms with Gasteiger partial charge in [-0.05, 0) is 43.4 Å². The van der Waals surface area contributed by atoms with E-state index in [0.717, 1.165) is 48.2 Å². The lowest BCUT2D eigenvalue weighted by Gasteiger charge is -2.36. The highest BCUT2D eigenvalue weighted by Gasteiger charge is 2.31. The van der Waals surface area contributed by atoms with Crippen LogP contribution in [0, 0.1) is 11.3 Å². The molecule has 4 heterocycles. The van der Waals surface area contributed by atoms with E-state index in [1.807, 2.05) is 73.5 Å². The molecule has 1 saturated carbocycles. The number of hydrogen-bond acceptors (Lipinski definition) is 9. The summed E-state index contributed by atoms with van der Waals surface area (Å²) in [5.41, 5.74) is 3.29. The summed E-state index contributed by atoms with van der Waals surface area (Å²) < 4.78 is 3.66. The number of carbonyl (C=O) groups is 1. The minimum absolute atomic E-state index is 0.0394. The van der Waals surface area contributed by atoms with Crippen LogP contribution in [0.15, 0.2) is 79.6 Å². The fraction of sp³-hybridized carbons (Fsp3) is 0.303. The summed E-state index contributed by atoms with van der Waals surface area (Å²) in [7, 11) is 3.79. The average molecular weight is 617 g/mol. The Morgan fingerprint density at radius 3 is 2.48 bits per heavy atom. The number of imidazole rings is 1. The SMILES string of the molecule is Cn1cc(-c2ccc(N(C(=O)NCc3ccccc3)[C@H]3CC[C@H](Nc4ncc(C#N)c(NCc5nccn5C)n4)CC3)nc2)cn1. The van der Waals surface area contributed by atoms with E-state index >= 15 is 0 Å². The van der Waals surface area contributed by atoms with Gasteiger partial charge in [0.1, 0.15) is 29.1 Å². The quantitative estimate of drug-likeness (QED) is 0.204. The van der Waals surface area contributed by atoms with Crippen molar-refractivity contribution in [1.82, 2.24) is 39.6 Å². The molecule has 0 radical (unpaired) electrons. The third kappa shape index (κ3) is 7.13. The molecule has 1 aliphatic rings. The lowest BCUT2D eigenvalue weighted by Crippen LogP contribution is -2.49. The predicted octanol–water partition coefficient (Wildman–Crippen LogP) is 4.63. The molecule has 0 aliphatic heterocycles. The fourth-order valence-corrected chi connectivity index (χ4v) is 5.64. The van der Waals surface area contributed by atoms with Gasteiger partial charge in [-0.1, -0.05) is 30.3 Å². The van der Waals surface area contributed by atoms with Crippen molar-refractivity contribution in [2.45, 2.75) is 50.9 Å². The molecular weight excluding hydrogens is 580 g/mol. The molecule has 4 aromatic heterocycles. The third-order valence-corrected chi connectivity index (χ3v) is 8.18. The van der Waals surface area contributed by atoms with Crippen molar-refractivity contribution >= 4 is 23.6 Å². The highest BCUT2D eigenvalue weighted by molar-refractivity contribution is 5.91. The molecule has 0 unspecified atom stereocenters. The zero-order valence-electron chi connectivity index (χ0n) is 25.8. The molecule has 5 aromatic rings. The van der Waals surface area contributed by atoms with Gasteiger partial charge < -0.3 is 20.5 Å². The molecular formula is C33H36N12O. The molecule has 0 atom stereocenters. The van der Waals surface area contributed by atoms with Crippen LogP contribution in [0.1, 0.15) is 42.6 Å². The maximum Gasteiger partial charge on any atom is 0.323 e. The standard InChI is InChI=1S/C33H36N12O/c1-43-15-14-35-30(43)21-37-31-25(16-34)19-38-32(42-31)41-27-9-11-28(12-10-27)45(33(46)39-17-23-6-4-3-5-7-23)29-13-8-24(18-36-29)26-20-40-44(2)22-26/h3-8,13-15,18-20,22,27-28H,9-12,17,21H2,1-2H3,(H,39,46)(H2,37,38,41,42)/t27-,28-. The first-order chi connectivity index (χ1) is 22.5. The second-order valence-electron chi connectivity index (χ2n) is 11.3. The van der Waals surface area contributed by atoms with Crippen molar-refractivity contribution in [2.75, 3.05) is 15.5 Å². The number of rotatable bonds is 10. The Hall–Kier alpha value is -5.77. The lowest BCUT2D eigenvalue weighted by molar-refractivity contribution is 0.240.